The highest BCUT2D eigenvalue weighted by atomic mass is 19.2. The summed E-state index contributed by atoms with van der Waals surface area (Å²) in [7, 11) is 0. The van der Waals surface area contributed by atoms with Gasteiger partial charge in [-0.05, 0) is 24.3 Å². The van der Waals surface area contributed by atoms with Gasteiger partial charge in [0.05, 0.1) is 5.56 Å². The molecule has 0 aliphatic carbocycles. The van der Waals surface area contributed by atoms with Gasteiger partial charge in [0.1, 0.15) is 5.69 Å². The fourth-order valence-corrected chi connectivity index (χ4v) is 1.52. The van der Waals surface area contributed by atoms with Crippen molar-refractivity contribution in [1.29, 1.82) is 0 Å². The van der Waals surface area contributed by atoms with Crippen LogP contribution in [-0.2, 0) is 0 Å². The number of nitrogens with zero attached hydrogens (tertiary/aromatic N) is 1. The number of hydrogen-bond donors (Lipinski definition) is 2. The summed E-state index contributed by atoms with van der Waals surface area (Å²) in [5, 5.41) is 10.9. The van der Waals surface area contributed by atoms with Gasteiger partial charge in [-0.15, -0.1) is 0 Å². The number of aromatic carboxylic acids is 1. The summed E-state index contributed by atoms with van der Waals surface area (Å²) in [5.74, 6) is -7.16. The Morgan fingerprint density at radius 1 is 1.10 bits per heavy atom. The lowest BCUT2D eigenvalue weighted by Gasteiger charge is -2.07. The maximum absolute atomic E-state index is 13.4. The van der Waals surface area contributed by atoms with Gasteiger partial charge in [-0.1, -0.05) is 0 Å². The Kier molecular flexibility index (Phi) is 3.88. The van der Waals surface area contributed by atoms with E-state index in [0.29, 0.717) is 6.07 Å². The van der Waals surface area contributed by atoms with Crippen molar-refractivity contribution in [3.05, 3.63) is 59.2 Å². The number of nitrogens with one attached hydrogen (secondary N) is 1. The normalized spacial score (nSPS) is 10.2. The van der Waals surface area contributed by atoms with Crippen LogP contribution in [0.25, 0.3) is 0 Å². The summed E-state index contributed by atoms with van der Waals surface area (Å²) in [4.78, 5) is 26.0. The molecule has 2 N–H and O–H groups in total. The first-order valence-electron chi connectivity index (χ1n) is 5.54. The minimum absolute atomic E-state index is 0.0246. The SMILES string of the molecule is O=C(O)c1cc(NC(=O)c2ccc(F)c(F)c2F)ccn1. The smallest absolute Gasteiger partial charge is 0.354 e. The quantitative estimate of drug-likeness (QED) is 0.853. The van der Waals surface area contributed by atoms with Crippen molar-refractivity contribution in [2.24, 2.45) is 0 Å². The van der Waals surface area contributed by atoms with E-state index >= 15 is 0 Å². The van der Waals surface area contributed by atoms with E-state index in [0.717, 1.165) is 18.3 Å². The molecule has 0 radical (unpaired) electrons. The molecular weight excluding hydrogens is 289 g/mol. The number of carboxylic acid groups (broad SMARTS) is 1. The summed E-state index contributed by atoms with van der Waals surface area (Å²) < 4.78 is 39.3. The van der Waals surface area contributed by atoms with Gasteiger partial charge in [-0.25, -0.2) is 22.9 Å². The molecule has 1 heterocycles. The molecule has 0 unspecified atom stereocenters. The third-order valence-electron chi connectivity index (χ3n) is 2.52. The van der Waals surface area contributed by atoms with Crippen molar-refractivity contribution in [3.63, 3.8) is 0 Å². The lowest BCUT2D eigenvalue weighted by Crippen LogP contribution is -2.15. The number of carboxylic acids is 1. The second kappa shape index (κ2) is 5.61. The van der Waals surface area contributed by atoms with Crippen molar-refractivity contribution < 1.29 is 27.9 Å². The molecule has 21 heavy (non-hydrogen) atoms. The molecule has 1 aromatic heterocycles. The second-order valence-electron chi connectivity index (χ2n) is 3.91. The van der Waals surface area contributed by atoms with Gasteiger partial charge in [-0.2, -0.15) is 0 Å². The maximum Gasteiger partial charge on any atom is 0.354 e. The number of pyridine rings is 1. The van der Waals surface area contributed by atoms with Gasteiger partial charge in [0.2, 0.25) is 0 Å². The van der Waals surface area contributed by atoms with Gasteiger partial charge < -0.3 is 10.4 Å². The Bertz CT molecular complexity index is 735. The fraction of sp³-hybridized carbons (Fsp3) is 0. The topological polar surface area (TPSA) is 79.3 Å². The van der Waals surface area contributed by atoms with E-state index in [-0.39, 0.29) is 11.4 Å². The third kappa shape index (κ3) is 2.99. The van der Waals surface area contributed by atoms with E-state index in [2.05, 4.69) is 10.3 Å². The van der Waals surface area contributed by atoms with Crippen LogP contribution in [0, 0.1) is 17.5 Å². The van der Waals surface area contributed by atoms with Crippen LogP contribution in [0.5, 0.6) is 0 Å². The zero-order chi connectivity index (χ0) is 15.6. The molecule has 0 aliphatic rings. The molecule has 0 bridgehead atoms. The number of aromatic nitrogens is 1. The van der Waals surface area contributed by atoms with Gasteiger partial charge >= 0.3 is 5.97 Å². The van der Waals surface area contributed by atoms with Crippen molar-refractivity contribution in [2.45, 2.75) is 0 Å². The van der Waals surface area contributed by atoms with E-state index in [4.69, 9.17) is 5.11 Å². The van der Waals surface area contributed by atoms with E-state index in [9.17, 15) is 22.8 Å². The van der Waals surface area contributed by atoms with E-state index in [1.165, 1.54) is 6.07 Å². The Morgan fingerprint density at radius 3 is 2.48 bits per heavy atom. The standard InChI is InChI=1S/C13H7F3N2O3/c14-8-2-1-7(10(15)11(8)16)12(19)18-6-3-4-17-9(5-6)13(20)21/h1-5H,(H,20,21)(H,17,18,19). The average molecular weight is 296 g/mol. The van der Waals surface area contributed by atoms with Crippen LogP contribution >= 0.6 is 0 Å². The molecule has 0 saturated carbocycles. The van der Waals surface area contributed by atoms with Crippen molar-refractivity contribution in [1.82, 2.24) is 4.98 Å². The van der Waals surface area contributed by atoms with Crippen molar-refractivity contribution in [2.75, 3.05) is 5.32 Å². The van der Waals surface area contributed by atoms with E-state index in [1.54, 1.807) is 0 Å². The molecular formula is C13H7F3N2O3. The van der Waals surface area contributed by atoms with Crippen LogP contribution in [0.1, 0.15) is 20.8 Å². The summed E-state index contributed by atoms with van der Waals surface area (Å²) in [6, 6.07) is 3.70. The van der Waals surface area contributed by atoms with Crippen LogP contribution in [0.2, 0.25) is 0 Å². The highest BCUT2D eigenvalue weighted by Gasteiger charge is 2.19. The summed E-state index contributed by atoms with van der Waals surface area (Å²) in [5.41, 5.74) is -1.02. The number of rotatable bonds is 3. The number of amides is 1. The minimum atomic E-state index is -1.76. The zero-order valence-corrected chi connectivity index (χ0v) is 10.2. The van der Waals surface area contributed by atoms with Gasteiger partial charge in [-0.3, -0.25) is 4.79 Å². The van der Waals surface area contributed by atoms with Crippen molar-refractivity contribution in [3.8, 4) is 0 Å². The predicted octanol–water partition coefficient (Wildman–Crippen LogP) is 2.45. The molecule has 1 amide bonds. The van der Waals surface area contributed by atoms with Gasteiger partial charge in [0, 0.05) is 11.9 Å². The van der Waals surface area contributed by atoms with Crippen LogP contribution in [-0.4, -0.2) is 22.0 Å². The average Bonchev–Trinajstić information content (AvgIpc) is 2.45. The maximum atomic E-state index is 13.4. The first-order valence-corrected chi connectivity index (χ1v) is 5.54. The first kappa shape index (κ1) is 14.5. The van der Waals surface area contributed by atoms with E-state index in [1.807, 2.05) is 0 Å². The van der Waals surface area contributed by atoms with Crippen LogP contribution in [0.4, 0.5) is 18.9 Å². The Morgan fingerprint density at radius 2 is 1.81 bits per heavy atom. The molecule has 2 rings (SSSR count). The van der Waals surface area contributed by atoms with Crippen LogP contribution < -0.4 is 5.32 Å². The lowest BCUT2D eigenvalue weighted by molar-refractivity contribution is 0.0690. The number of hydrogen-bond acceptors (Lipinski definition) is 3. The number of benzene rings is 1. The Labute approximate surface area is 116 Å². The lowest BCUT2D eigenvalue weighted by atomic mass is 10.1. The molecule has 108 valence electrons. The van der Waals surface area contributed by atoms with Crippen molar-refractivity contribution >= 4 is 17.6 Å². The molecule has 1 aromatic carbocycles. The van der Waals surface area contributed by atoms with Gasteiger partial charge in [0.15, 0.2) is 17.5 Å². The molecule has 0 atom stereocenters. The monoisotopic (exact) mass is 296 g/mol. The first-order chi connectivity index (χ1) is 9.90. The number of anilines is 1. The predicted molar refractivity (Wildman–Crippen MR) is 65.5 cm³/mol. The third-order valence-corrected chi connectivity index (χ3v) is 2.52. The zero-order valence-electron chi connectivity index (χ0n) is 10.2. The summed E-state index contributed by atoms with van der Waals surface area (Å²) in [6.45, 7) is 0. The molecule has 0 aliphatic heterocycles. The van der Waals surface area contributed by atoms with E-state index < -0.39 is 34.9 Å². The molecule has 5 nitrogen and oxygen atoms in total. The minimum Gasteiger partial charge on any atom is -0.477 e. The number of carbonyl (C=O) groups is 2. The summed E-state index contributed by atoms with van der Waals surface area (Å²) >= 11 is 0. The van der Waals surface area contributed by atoms with Crippen LogP contribution in [0.3, 0.4) is 0 Å². The molecule has 0 spiro atoms. The Hall–Kier alpha value is -2.90. The molecule has 0 saturated heterocycles. The molecule has 2 aromatic rings. The Balaban J connectivity index is 2.28. The number of halogens is 3. The fourth-order valence-electron chi connectivity index (χ4n) is 1.52. The number of carbonyl (C=O) groups excluding carboxylic acids is 1. The highest BCUT2D eigenvalue weighted by Crippen LogP contribution is 2.17. The highest BCUT2D eigenvalue weighted by molar-refractivity contribution is 6.04. The molecule has 0 fully saturated rings. The van der Waals surface area contributed by atoms with Gasteiger partial charge in [0.25, 0.3) is 5.91 Å². The second-order valence-corrected chi connectivity index (χ2v) is 3.91. The largest absolute Gasteiger partial charge is 0.477 e. The molecule has 8 heteroatoms. The van der Waals surface area contributed by atoms with Crippen LogP contribution in [0.15, 0.2) is 30.5 Å². The summed E-state index contributed by atoms with van der Waals surface area (Å²) in [6.07, 6.45) is 1.13.